The van der Waals surface area contributed by atoms with Crippen LogP contribution in [0.15, 0.2) is 48.5 Å². The van der Waals surface area contributed by atoms with Crippen LogP contribution in [0.25, 0.3) is 0 Å². The van der Waals surface area contributed by atoms with Gasteiger partial charge in [-0.3, -0.25) is 9.59 Å². The highest BCUT2D eigenvalue weighted by Crippen LogP contribution is 2.18. The molecule has 2 aromatic rings. The van der Waals surface area contributed by atoms with Crippen LogP contribution in [0.1, 0.15) is 31.1 Å². The molecule has 0 bridgehead atoms. The van der Waals surface area contributed by atoms with Gasteiger partial charge in [0.1, 0.15) is 0 Å². The molecule has 0 fully saturated rings. The van der Waals surface area contributed by atoms with Crippen LogP contribution >= 0.6 is 11.6 Å². The maximum absolute atomic E-state index is 12.5. The van der Waals surface area contributed by atoms with Crippen LogP contribution in [0.2, 0.25) is 5.02 Å². The van der Waals surface area contributed by atoms with Crippen molar-refractivity contribution in [3.63, 3.8) is 0 Å². The van der Waals surface area contributed by atoms with Crippen molar-refractivity contribution < 1.29 is 9.59 Å². The Morgan fingerprint density at radius 1 is 1.00 bits per heavy atom. The molecule has 0 aliphatic heterocycles. The van der Waals surface area contributed by atoms with Gasteiger partial charge in [0.25, 0.3) is 5.91 Å². The van der Waals surface area contributed by atoms with Crippen LogP contribution in [0, 0.1) is 5.92 Å². The van der Waals surface area contributed by atoms with Crippen LogP contribution < -0.4 is 16.0 Å². The third kappa shape index (κ3) is 5.77. The number of carbonyl (C=O) groups is 2. The van der Waals surface area contributed by atoms with E-state index in [9.17, 15) is 9.59 Å². The molecule has 0 aliphatic rings. The Balaban J connectivity index is 2.01. The molecular formula is C20H24ClN3O2. The number of nitrogens with one attached hydrogen (secondary N) is 3. The molecule has 26 heavy (non-hydrogen) atoms. The average Bonchev–Trinajstić information content (AvgIpc) is 2.62. The lowest BCUT2D eigenvalue weighted by Gasteiger charge is -2.18. The van der Waals surface area contributed by atoms with E-state index in [1.54, 1.807) is 42.5 Å². The molecule has 0 spiro atoms. The van der Waals surface area contributed by atoms with E-state index in [-0.39, 0.29) is 24.4 Å². The van der Waals surface area contributed by atoms with E-state index in [1.165, 1.54) is 0 Å². The minimum absolute atomic E-state index is 0.0905. The van der Waals surface area contributed by atoms with Crippen molar-refractivity contribution >= 4 is 34.8 Å². The van der Waals surface area contributed by atoms with Crippen molar-refractivity contribution in [2.24, 2.45) is 5.92 Å². The molecular weight excluding hydrogens is 350 g/mol. The van der Waals surface area contributed by atoms with Gasteiger partial charge < -0.3 is 16.0 Å². The molecule has 3 N–H and O–H groups in total. The van der Waals surface area contributed by atoms with Crippen molar-refractivity contribution in [3.05, 3.63) is 59.1 Å². The van der Waals surface area contributed by atoms with Crippen LogP contribution in [-0.4, -0.2) is 24.4 Å². The molecule has 6 heteroatoms. The van der Waals surface area contributed by atoms with Gasteiger partial charge in [0, 0.05) is 22.4 Å². The molecule has 5 nitrogen and oxygen atoms in total. The zero-order chi connectivity index (χ0) is 19.1. The number of hydrogen-bond donors (Lipinski definition) is 3. The first-order valence-electron chi connectivity index (χ1n) is 8.56. The first kappa shape index (κ1) is 19.8. The summed E-state index contributed by atoms with van der Waals surface area (Å²) in [5.74, 6) is -0.0121. The molecule has 138 valence electrons. The van der Waals surface area contributed by atoms with Gasteiger partial charge in [-0.25, -0.2) is 0 Å². The van der Waals surface area contributed by atoms with E-state index < -0.39 is 0 Å². The molecule has 2 rings (SSSR count). The van der Waals surface area contributed by atoms with Crippen molar-refractivity contribution in [1.82, 2.24) is 5.32 Å². The zero-order valence-corrected chi connectivity index (χ0v) is 15.9. The molecule has 0 aromatic heterocycles. The fraction of sp³-hybridized carbons (Fsp3) is 0.300. The summed E-state index contributed by atoms with van der Waals surface area (Å²) in [5, 5.41) is 9.39. The van der Waals surface area contributed by atoms with Gasteiger partial charge in [0.2, 0.25) is 5.91 Å². The van der Waals surface area contributed by atoms with Crippen LogP contribution in [-0.2, 0) is 4.79 Å². The van der Waals surface area contributed by atoms with Crippen molar-refractivity contribution in [2.45, 2.75) is 26.8 Å². The highest BCUT2D eigenvalue weighted by Gasteiger charge is 2.14. The van der Waals surface area contributed by atoms with E-state index in [2.05, 4.69) is 29.8 Å². The molecule has 0 saturated carbocycles. The quantitative estimate of drug-likeness (QED) is 0.682. The standard InChI is InChI=1S/C20H24ClN3O2/c1-13(2)14(3)23-19(25)12-22-18-7-5-4-6-17(18)20(26)24-16-10-8-15(21)9-11-16/h4-11,13-14,22H,12H2,1-3H3,(H,23,25)(H,24,26). The van der Waals surface area contributed by atoms with E-state index in [0.29, 0.717) is 27.9 Å². The number of hydrogen-bond acceptors (Lipinski definition) is 3. The Hall–Kier alpha value is -2.53. The molecule has 0 heterocycles. The fourth-order valence-corrected chi connectivity index (χ4v) is 2.34. The summed E-state index contributed by atoms with van der Waals surface area (Å²) < 4.78 is 0. The van der Waals surface area contributed by atoms with Crippen LogP contribution in [0.3, 0.4) is 0 Å². The lowest BCUT2D eigenvalue weighted by molar-refractivity contribution is -0.120. The van der Waals surface area contributed by atoms with E-state index in [4.69, 9.17) is 11.6 Å². The van der Waals surface area contributed by atoms with Crippen molar-refractivity contribution in [2.75, 3.05) is 17.2 Å². The minimum atomic E-state index is -0.258. The van der Waals surface area contributed by atoms with Crippen molar-refractivity contribution in [1.29, 1.82) is 0 Å². The summed E-state index contributed by atoms with van der Waals surface area (Å²) in [6, 6.07) is 14.1. The van der Waals surface area contributed by atoms with Gasteiger partial charge >= 0.3 is 0 Å². The predicted octanol–water partition coefficient (Wildman–Crippen LogP) is 4.16. The summed E-state index contributed by atoms with van der Waals surface area (Å²) in [7, 11) is 0. The Morgan fingerprint density at radius 2 is 1.65 bits per heavy atom. The maximum atomic E-state index is 12.5. The number of rotatable bonds is 7. The summed E-state index contributed by atoms with van der Waals surface area (Å²) in [6.07, 6.45) is 0. The molecule has 0 radical (unpaired) electrons. The van der Waals surface area contributed by atoms with Crippen molar-refractivity contribution in [3.8, 4) is 0 Å². The summed E-state index contributed by atoms with van der Waals surface area (Å²) in [4.78, 5) is 24.6. The average molecular weight is 374 g/mol. The Morgan fingerprint density at radius 3 is 2.31 bits per heavy atom. The molecule has 2 amide bonds. The Kier molecular flexibility index (Phi) is 7.04. The SMILES string of the molecule is CC(C)C(C)NC(=O)CNc1ccccc1C(=O)Nc1ccc(Cl)cc1. The smallest absolute Gasteiger partial charge is 0.257 e. The van der Waals surface area contributed by atoms with E-state index in [1.807, 2.05) is 13.0 Å². The van der Waals surface area contributed by atoms with E-state index >= 15 is 0 Å². The summed E-state index contributed by atoms with van der Waals surface area (Å²) in [5.41, 5.74) is 1.72. The second kappa shape index (κ2) is 9.25. The van der Waals surface area contributed by atoms with Gasteiger partial charge in [-0.05, 0) is 49.2 Å². The largest absolute Gasteiger partial charge is 0.376 e. The second-order valence-corrected chi connectivity index (χ2v) is 6.90. The number of amides is 2. The lowest BCUT2D eigenvalue weighted by atomic mass is 10.1. The van der Waals surface area contributed by atoms with Gasteiger partial charge in [-0.2, -0.15) is 0 Å². The first-order chi connectivity index (χ1) is 12.4. The molecule has 1 unspecified atom stereocenters. The zero-order valence-electron chi connectivity index (χ0n) is 15.2. The van der Waals surface area contributed by atoms with Gasteiger partial charge in [-0.15, -0.1) is 0 Å². The number of carbonyl (C=O) groups excluding carboxylic acids is 2. The summed E-state index contributed by atoms with van der Waals surface area (Å²) >= 11 is 5.86. The molecule has 1 atom stereocenters. The number of anilines is 2. The van der Waals surface area contributed by atoms with Crippen LogP contribution in [0.5, 0.6) is 0 Å². The summed E-state index contributed by atoms with van der Waals surface area (Å²) in [6.45, 7) is 6.17. The molecule has 2 aromatic carbocycles. The normalized spacial score (nSPS) is 11.7. The number of para-hydroxylation sites is 1. The van der Waals surface area contributed by atoms with Gasteiger partial charge in [0.15, 0.2) is 0 Å². The Labute approximate surface area is 159 Å². The second-order valence-electron chi connectivity index (χ2n) is 6.46. The first-order valence-corrected chi connectivity index (χ1v) is 8.94. The highest BCUT2D eigenvalue weighted by molar-refractivity contribution is 6.30. The third-order valence-electron chi connectivity index (χ3n) is 4.10. The van der Waals surface area contributed by atoms with Gasteiger partial charge in [0.05, 0.1) is 12.1 Å². The highest BCUT2D eigenvalue weighted by atomic mass is 35.5. The third-order valence-corrected chi connectivity index (χ3v) is 4.35. The molecule has 0 aliphatic carbocycles. The number of benzene rings is 2. The topological polar surface area (TPSA) is 70.2 Å². The molecule has 0 saturated heterocycles. The lowest BCUT2D eigenvalue weighted by Crippen LogP contribution is -2.39. The Bertz CT molecular complexity index is 760. The van der Waals surface area contributed by atoms with Crippen LogP contribution in [0.4, 0.5) is 11.4 Å². The maximum Gasteiger partial charge on any atom is 0.257 e. The number of halogens is 1. The predicted molar refractivity (Wildman–Crippen MR) is 107 cm³/mol. The minimum Gasteiger partial charge on any atom is -0.376 e. The monoisotopic (exact) mass is 373 g/mol. The van der Waals surface area contributed by atoms with E-state index in [0.717, 1.165) is 0 Å². The fourth-order valence-electron chi connectivity index (χ4n) is 2.21. The van der Waals surface area contributed by atoms with Gasteiger partial charge in [-0.1, -0.05) is 37.6 Å².